The minimum Gasteiger partial charge on any atom is -0.389 e. The van der Waals surface area contributed by atoms with E-state index in [1.165, 1.54) is 0 Å². The molecule has 1 saturated heterocycles. The van der Waals surface area contributed by atoms with Gasteiger partial charge < -0.3 is 25.6 Å². The molecule has 100 valence electrons. The summed E-state index contributed by atoms with van der Waals surface area (Å²) >= 11 is 0. The van der Waals surface area contributed by atoms with Gasteiger partial charge >= 0.3 is 0 Å². The van der Waals surface area contributed by atoms with Gasteiger partial charge in [0.25, 0.3) is 0 Å². The normalized spacial score (nSPS) is 21.6. The van der Waals surface area contributed by atoms with Crippen LogP contribution in [0, 0.1) is 0 Å². The molecule has 6 nitrogen and oxygen atoms in total. The zero-order chi connectivity index (χ0) is 12.5. The number of hydrogen-bond donors (Lipinski definition) is 3. The Kier molecular flexibility index (Phi) is 7.11. The quantitative estimate of drug-likeness (QED) is 0.454. The molecular weight excluding hydrogens is 224 g/mol. The Morgan fingerprint density at radius 2 is 2.47 bits per heavy atom. The van der Waals surface area contributed by atoms with E-state index in [4.69, 9.17) is 15.2 Å². The number of nitrogens with two attached hydrogens (primary N) is 1. The van der Waals surface area contributed by atoms with Crippen molar-refractivity contribution in [2.45, 2.75) is 31.5 Å². The molecule has 4 N–H and O–H groups in total. The van der Waals surface area contributed by atoms with Gasteiger partial charge in [-0.2, -0.15) is 0 Å². The van der Waals surface area contributed by atoms with E-state index in [-0.39, 0.29) is 25.0 Å². The molecule has 0 aliphatic carbocycles. The average Bonchev–Trinajstić information content (AvgIpc) is 2.77. The van der Waals surface area contributed by atoms with Crippen molar-refractivity contribution in [2.75, 3.05) is 32.9 Å². The molecule has 2 unspecified atom stereocenters. The highest BCUT2D eigenvalue weighted by Gasteiger charge is 2.15. The lowest BCUT2D eigenvalue weighted by molar-refractivity contribution is -0.117. The van der Waals surface area contributed by atoms with Crippen molar-refractivity contribution in [2.24, 2.45) is 5.73 Å². The fraction of sp³-hybridized carbons (Fsp3) is 0.909. The molecule has 0 radical (unpaired) electrons. The minimum absolute atomic E-state index is 0.185. The number of amides is 1. The smallest absolute Gasteiger partial charge is 0.218 e. The monoisotopic (exact) mass is 246 g/mol. The van der Waals surface area contributed by atoms with E-state index in [1.54, 1.807) is 0 Å². The minimum atomic E-state index is -0.565. The number of aliphatic hydroxyl groups is 1. The predicted molar refractivity (Wildman–Crippen MR) is 62.5 cm³/mol. The van der Waals surface area contributed by atoms with Crippen LogP contribution in [0.3, 0.4) is 0 Å². The highest BCUT2D eigenvalue weighted by molar-refractivity contribution is 5.73. The van der Waals surface area contributed by atoms with Crippen LogP contribution in [0.15, 0.2) is 0 Å². The largest absolute Gasteiger partial charge is 0.389 e. The van der Waals surface area contributed by atoms with Crippen molar-refractivity contribution >= 4 is 5.91 Å². The van der Waals surface area contributed by atoms with E-state index in [0.29, 0.717) is 19.7 Å². The molecule has 1 amide bonds. The Morgan fingerprint density at radius 3 is 3.12 bits per heavy atom. The number of carbonyl (C=O) groups excluding carboxylic acids is 1. The van der Waals surface area contributed by atoms with Crippen LogP contribution in [0.1, 0.15) is 19.3 Å². The van der Waals surface area contributed by atoms with E-state index >= 15 is 0 Å². The van der Waals surface area contributed by atoms with Gasteiger partial charge in [-0.05, 0) is 12.8 Å². The number of carbonyl (C=O) groups is 1. The molecule has 1 fully saturated rings. The second-order valence-electron chi connectivity index (χ2n) is 4.25. The molecule has 0 saturated carbocycles. The van der Waals surface area contributed by atoms with Crippen LogP contribution in [0.4, 0.5) is 0 Å². The number of primary amides is 1. The third kappa shape index (κ3) is 7.27. The third-order valence-electron chi connectivity index (χ3n) is 2.57. The van der Waals surface area contributed by atoms with Crippen molar-refractivity contribution in [3.8, 4) is 0 Å². The first kappa shape index (κ1) is 14.4. The van der Waals surface area contributed by atoms with Gasteiger partial charge in [0.1, 0.15) is 0 Å². The molecule has 17 heavy (non-hydrogen) atoms. The Bertz CT molecular complexity index is 220. The molecule has 0 aromatic rings. The van der Waals surface area contributed by atoms with Crippen LogP contribution >= 0.6 is 0 Å². The molecule has 2 atom stereocenters. The Hall–Kier alpha value is -0.690. The zero-order valence-corrected chi connectivity index (χ0v) is 10.1. The molecule has 1 aliphatic rings. The van der Waals surface area contributed by atoms with E-state index in [2.05, 4.69) is 5.32 Å². The highest BCUT2D eigenvalue weighted by Crippen LogP contribution is 2.11. The average molecular weight is 246 g/mol. The van der Waals surface area contributed by atoms with Crippen molar-refractivity contribution in [3.05, 3.63) is 0 Å². The maximum absolute atomic E-state index is 10.4. The first-order valence-corrected chi connectivity index (χ1v) is 6.05. The fourth-order valence-corrected chi connectivity index (χ4v) is 1.65. The topological polar surface area (TPSA) is 93.8 Å². The second-order valence-corrected chi connectivity index (χ2v) is 4.25. The first-order valence-electron chi connectivity index (χ1n) is 6.05. The van der Waals surface area contributed by atoms with Gasteiger partial charge in [0, 0.05) is 26.1 Å². The van der Waals surface area contributed by atoms with Gasteiger partial charge in [0.05, 0.1) is 25.4 Å². The summed E-state index contributed by atoms with van der Waals surface area (Å²) in [6.07, 6.45) is 2.02. The lowest BCUT2D eigenvalue weighted by Gasteiger charge is -2.14. The predicted octanol–water partition coefficient (Wildman–Crippen LogP) is -0.992. The molecule has 1 heterocycles. The summed E-state index contributed by atoms with van der Waals surface area (Å²) in [4.78, 5) is 10.4. The third-order valence-corrected chi connectivity index (χ3v) is 2.57. The number of nitrogens with one attached hydrogen (secondary N) is 1. The summed E-state index contributed by atoms with van der Waals surface area (Å²) in [5, 5.41) is 12.5. The van der Waals surface area contributed by atoms with Gasteiger partial charge in [-0.3, -0.25) is 4.79 Å². The molecule has 1 aliphatic heterocycles. The first-order chi connectivity index (χ1) is 8.18. The molecule has 0 spiro atoms. The maximum Gasteiger partial charge on any atom is 0.218 e. The summed E-state index contributed by atoms with van der Waals surface area (Å²) in [6, 6.07) is 0. The van der Waals surface area contributed by atoms with Gasteiger partial charge in [-0.25, -0.2) is 0 Å². The van der Waals surface area contributed by atoms with Crippen LogP contribution < -0.4 is 11.1 Å². The molecular formula is C11H22N2O4. The van der Waals surface area contributed by atoms with Crippen LogP contribution in [0.25, 0.3) is 0 Å². The summed E-state index contributed by atoms with van der Waals surface area (Å²) in [5.41, 5.74) is 4.98. The maximum atomic E-state index is 10.4. The van der Waals surface area contributed by atoms with Crippen molar-refractivity contribution in [1.82, 2.24) is 5.32 Å². The fourth-order valence-electron chi connectivity index (χ4n) is 1.65. The van der Waals surface area contributed by atoms with E-state index in [9.17, 15) is 9.90 Å². The summed E-state index contributed by atoms with van der Waals surface area (Å²) < 4.78 is 10.7. The van der Waals surface area contributed by atoms with Gasteiger partial charge in [0.2, 0.25) is 5.91 Å². The number of rotatable bonds is 9. The van der Waals surface area contributed by atoms with E-state index in [0.717, 1.165) is 19.4 Å². The lowest BCUT2D eigenvalue weighted by Crippen LogP contribution is -2.33. The summed E-state index contributed by atoms with van der Waals surface area (Å²) in [6.45, 7) is 2.52. The van der Waals surface area contributed by atoms with Gasteiger partial charge in [-0.1, -0.05) is 0 Å². The van der Waals surface area contributed by atoms with Crippen molar-refractivity contribution in [3.63, 3.8) is 0 Å². The standard InChI is InChI=1S/C11H22N2O4/c12-11(15)3-4-13-6-9(14)7-16-8-10-2-1-5-17-10/h9-10,13-14H,1-8H2,(H2,12,15). The SMILES string of the molecule is NC(=O)CCNCC(O)COCC1CCCO1. The molecule has 0 bridgehead atoms. The molecule has 0 aromatic heterocycles. The molecule has 0 aromatic carbocycles. The Labute approximate surface area is 101 Å². The van der Waals surface area contributed by atoms with Crippen LogP contribution in [-0.4, -0.2) is 56.1 Å². The molecule has 6 heteroatoms. The zero-order valence-electron chi connectivity index (χ0n) is 10.1. The van der Waals surface area contributed by atoms with Crippen molar-refractivity contribution < 1.29 is 19.4 Å². The Balaban J connectivity index is 1.89. The van der Waals surface area contributed by atoms with Gasteiger partial charge in [0.15, 0.2) is 0 Å². The summed E-state index contributed by atoms with van der Waals surface area (Å²) in [5.74, 6) is -0.346. The number of aliphatic hydroxyl groups excluding tert-OH is 1. The van der Waals surface area contributed by atoms with E-state index in [1.807, 2.05) is 0 Å². The van der Waals surface area contributed by atoms with Crippen LogP contribution in [-0.2, 0) is 14.3 Å². The lowest BCUT2D eigenvalue weighted by atomic mass is 10.2. The number of ether oxygens (including phenoxy) is 2. The summed E-state index contributed by atoms with van der Waals surface area (Å²) in [7, 11) is 0. The number of hydrogen-bond acceptors (Lipinski definition) is 5. The Morgan fingerprint density at radius 1 is 1.65 bits per heavy atom. The second kappa shape index (κ2) is 8.41. The molecule has 1 rings (SSSR count). The van der Waals surface area contributed by atoms with Gasteiger partial charge in [-0.15, -0.1) is 0 Å². The highest BCUT2D eigenvalue weighted by atomic mass is 16.5. The van der Waals surface area contributed by atoms with Crippen molar-refractivity contribution in [1.29, 1.82) is 0 Å². The van der Waals surface area contributed by atoms with Crippen LogP contribution in [0.5, 0.6) is 0 Å². The van der Waals surface area contributed by atoms with Crippen LogP contribution in [0.2, 0.25) is 0 Å². The van der Waals surface area contributed by atoms with E-state index < -0.39 is 6.10 Å².